The maximum atomic E-state index is 11.3. The van der Waals surface area contributed by atoms with Gasteiger partial charge < -0.3 is 10.4 Å². The fourth-order valence-corrected chi connectivity index (χ4v) is 3.79. The first kappa shape index (κ1) is 14.8. The van der Waals surface area contributed by atoms with E-state index >= 15 is 0 Å². The van der Waals surface area contributed by atoms with E-state index in [2.05, 4.69) is 5.32 Å². The number of aliphatic hydroxyl groups excluding tert-OH is 1. The average molecular weight is 304 g/mol. The van der Waals surface area contributed by atoms with Gasteiger partial charge in [-0.25, -0.2) is 8.42 Å². The highest BCUT2D eigenvalue weighted by Crippen LogP contribution is 2.17. The summed E-state index contributed by atoms with van der Waals surface area (Å²) < 4.78 is 22.6. The third-order valence-corrected chi connectivity index (χ3v) is 5.38. The van der Waals surface area contributed by atoms with Gasteiger partial charge in [0.15, 0.2) is 0 Å². The standard InChI is InChI=1S/C13H18ClNO3S/c14-11-3-1-10(2-4-11)13(16)9-15-12-5-7-19(17,18)8-6-12/h1-4,12-13,15-16H,5-9H2. The minimum atomic E-state index is -2.83. The molecule has 1 atom stereocenters. The Bertz CT molecular complexity index is 501. The number of aliphatic hydroxyl groups is 1. The van der Waals surface area contributed by atoms with Gasteiger partial charge in [-0.3, -0.25) is 0 Å². The van der Waals surface area contributed by atoms with Crippen LogP contribution in [-0.2, 0) is 9.84 Å². The lowest BCUT2D eigenvalue weighted by molar-refractivity contribution is 0.168. The Morgan fingerprint density at radius 2 is 1.84 bits per heavy atom. The van der Waals surface area contributed by atoms with Crippen LogP contribution in [0, 0.1) is 0 Å². The van der Waals surface area contributed by atoms with Gasteiger partial charge in [0.2, 0.25) is 0 Å². The average Bonchev–Trinajstić information content (AvgIpc) is 2.38. The van der Waals surface area contributed by atoms with Crippen LogP contribution < -0.4 is 5.32 Å². The summed E-state index contributed by atoms with van der Waals surface area (Å²) in [7, 11) is -2.83. The summed E-state index contributed by atoms with van der Waals surface area (Å²) in [5.74, 6) is 0.476. The van der Waals surface area contributed by atoms with E-state index in [0.717, 1.165) is 5.56 Å². The Morgan fingerprint density at radius 1 is 1.26 bits per heavy atom. The number of hydrogen-bond donors (Lipinski definition) is 2. The molecular weight excluding hydrogens is 286 g/mol. The molecule has 0 bridgehead atoms. The number of benzene rings is 1. The summed E-state index contributed by atoms with van der Waals surface area (Å²) in [6, 6.07) is 7.24. The summed E-state index contributed by atoms with van der Waals surface area (Å²) in [5.41, 5.74) is 0.806. The summed E-state index contributed by atoms with van der Waals surface area (Å²) >= 11 is 5.79. The normalized spacial score (nSPS) is 21.2. The van der Waals surface area contributed by atoms with Crippen molar-refractivity contribution in [2.45, 2.75) is 25.0 Å². The maximum Gasteiger partial charge on any atom is 0.150 e. The number of hydrogen-bond acceptors (Lipinski definition) is 4. The van der Waals surface area contributed by atoms with Crippen molar-refractivity contribution in [2.24, 2.45) is 0 Å². The highest BCUT2D eigenvalue weighted by Gasteiger charge is 2.23. The van der Waals surface area contributed by atoms with Crippen molar-refractivity contribution in [1.29, 1.82) is 0 Å². The van der Waals surface area contributed by atoms with Gasteiger partial charge in [-0.1, -0.05) is 23.7 Å². The molecule has 1 heterocycles. The predicted octanol–water partition coefficient (Wildman–Crippen LogP) is 1.54. The van der Waals surface area contributed by atoms with Gasteiger partial charge in [0, 0.05) is 17.6 Å². The minimum absolute atomic E-state index is 0.172. The van der Waals surface area contributed by atoms with E-state index in [0.29, 0.717) is 24.4 Å². The first-order valence-corrected chi connectivity index (χ1v) is 8.53. The molecule has 0 saturated carbocycles. The zero-order chi connectivity index (χ0) is 13.9. The maximum absolute atomic E-state index is 11.3. The number of rotatable bonds is 4. The zero-order valence-corrected chi connectivity index (χ0v) is 12.1. The summed E-state index contributed by atoms with van der Waals surface area (Å²) in [5, 5.41) is 13.9. The van der Waals surface area contributed by atoms with Crippen molar-refractivity contribution < 1.29 is 13.5 Å². The Balaban J connectivity index is 1.81. The van der Waals surface area contributed by atoms with Crippen LogP contribution in [0.3, 0.4) is 0 Å². The van der Waals surface area contributed by atoms with Gasteiger partial charge >= 0.3 is 0 Å². The number of nitrogens with one attached hydrogen (secondary N) is 1. The van der Waals surface area contributed by atoms with E-state index in [1.807, 2.05) is 0 Å². The van der Waals surface area contributed by atoms with Crippen LogP contribution >= 0.6 is 11.6 Å². The molecule has 1 saturated heterocycles. The third-order valence-electron chi connectivity index (χ3n) is 3.41. The second-order valence-electron chi connectivity index (χ2n) is 4.90. The van der Waals surface area contributed by atoms with Crippen molar-refractivity contribution in [3.8, 4) is 0 Å². The monoisotopic (exact) mass is 303 g/mol. The van der Waals surface area contributed by atoms with Crippen LogP contribution in [0.5, 0.6) is 0 Å². The van der Waals surface area contributed by atoms with Crippen molar-refractivity contribution in [3.05, 3.63) is 34.9 Å². The summed E-state index contributed by atoms with van der Waals surface area (Å²) in [6.07, 6.45) is 0.640. The highest BCUT2D eigenvalue weighted by molar-refractivity contribution is 7.91. The van der Waals surface area contributed by atoms with Crippen LogP contribution in [0.4, 0.5) is 0 Å². The third kappa shape index (κ3) is 4.45. The molecule has 1 aliphatic rings. The molecule has 2 N–H and O–H groups in total. The van der Waals surface area contributed by atoms with Crippen molar-refractivity contribution in [2.75, 3.05) is 18.1 Å². The van der Waals surface area contributed by atoms with Gasteiger partial charge in [-0.05, 0) is 30.5 Å². The van der Waals surface area contributed by atoms with Crippen LogP contribution in [0.1, 0.15) is 24.5 Å². The fourth-order valence-electron chi connectivity index (χ4n) is 2.18. The predicted molar refractivity (Wildman–Crippen MR) is 76.1 cm³/mol. The number of halogens is 1. The molecule has 19 heavy (non-hydrogen) atoms. The van der Waals surface area contributed by atoms with Gasteiger partial charge in [-0.2, -0.15) is 0 Å². The van der Waals surface area contributed by atoms with Crippen LogP contribution in [0.25, 0.3) is 0 Å². The van der Waals surface area contributed by atoms with E-state index in [1.165, 1.54) is 0 Å². The molecule has 0 aromatic heterocycles. The smallest absolute Gasteiger partial charge is 0.150 e. The zero-order valence-electron chi connectivity index (χ0n) is 10.5. The van der Waals surface area contributed by atoms with Gasteiger partial charge in [-0.15, -0.1) is 0 Å². The molecule has 1 aromatic carbocycles. The molecule has 0 aliphatic carbocycles. The van der Waals surface area contributed by atoms with Crippen LogP contribution in [0.2, 0.25) is 5.02 Å². The second kappa shape index (κ2) is 6.22. The highest BCUT2D eigenvalue weighted by atomic mass is 35.5. The molecule has 0 radical (unpaired) electrons. The molecule has 6 heteroatoms. The topological polar surface area (TPSA) is 66.4 Å². The van der Waals surface area contributed by atoms with E-state index in [-0.39, 0.29) is 17.5 Å². The minimum Gasteiger partial charge on any atom is -0.387 e. The molecule has 2 rings (SSSR count). The van der Waals surface area contributed by atoms with Gasteiger partial charge in [0.05, 0.1) is 17.6 Å². The van der Waals surface area contributed by atoms with E-state index in [1.54, 1.807) is 24.3 Å². The molecule has 1 aromatic rings. The van der Waals surface area contributed by atoms with Gasteiger partial charge in [0.25, 0.3) is 0 Å². The quantitative estimate of drug-likeness (QED) is 0.885. The second-order valence-corrected chi connectivity index (χ2v) is 7.64. The molecule has 106 valence electrons. The van der Waals surface area contributed by atoms with Crippen molar-refractivity contribution >= 4 is 21.4 Å². The molecule has 1 aliphatic heterocycles. The van der Waals surface area contributed by atoms with E-state index in [4.69, 9.17) is 11.6 Å². The molecule has 1 fully saturated rings. The molecule has 4 nitrogen and oxygen atoms in total. The molecule has 1 unspecified atom stereocenters. The van der Waals surface area contributed by atoms with Crippen molar-refractivity contribution in [1.82, 2.24) is 5.32 Å². The van der Waals surface area contributed by atoms with E-state index < -0.39 is 15.9 Å². The lowest BCUT2D eigenvalue weighted by Crippen LogP contribution is -2.39. The summed E-state index contributed by atoms with van der Waals surface area (Å²) in [4.78, 5) is 0. The van der Waals surface area contributed by atoms with Crippen LogP contribution in [-0.4, -0.2) is 37.6 Å². The molecule has 0 spiro atoms. The van der Waals surface area contributed by atoms with E-state index in [9.17, 15) is 13.5 Å². The summed E-state index contributed by atoms with van der Waals surface area (Å²) in [6.45, 7) is 0.423. The van der Waals surface area contributed by atoms with Crippen molar-refractivity contribution in [3.63, 3.8) is 0 Å². The van der Waals surface area contributed by atoms with Gasteiger partial charge in [0.1, 0.15) is 9.84 Å². The lowest BCUT2D eigenvalue weighted by atomic mass is 10.1. The number of sulfone groups is 1. The first-order valence-electron chi connectivity index (χ1n) is 6.33. The molecular formula is C13H18ClNO3S. The Labute approximate surface area is 118 Å². The largest absolute Gasteiger partial charge is 0.387 e. The molecule has 0 amide bonds. The fraction of sp³-hybridized carbons (Fsp3) is 0.538. The Kier molecular flexibility index (Phi) is 4.84. The Morgan fingerprint density at radius 3 is 2.42 bits per heavy atom. The lowest BCUT2D eigenvalue weighted by Gasteiger charge is -2.24. The Hall–Kier alpha value is -0.620. The van der Waals surface area contributed by atoms with Crippen LogP contribution in [0.15, 0.2) is 24.3 Å². The SMILES string of the molecule is O=S1(=O)CCC(NCC(O)c2ccc(Cl)cc2)CC1. The first-order chi connectivity index (χ1) is 8.96.